The molecule has 1 amide bonds. The van der Waals surface area contributed by atoms with Crippen LogP contribution < -0.4 is 20.3 Å². The van der Waals surface area contributed by atoms with E-state index in [0.717, 1.165) is 24.1 Å². The van der Waals surface area contributed by atoms with E-state index in [1.165, 1.54) is 10.6 Å². The molecule has 0 radical (unpaired) electrons. The molecule has 2 aromatic rings. The fourth-order valence-corrected chi connectivity index (χ4v) is 2.76. The average molecular weight is 353 g/mol. The Hall–Kier alpha value is -3.09. The van der Waals surface area contributed by atoms with E-state index in [-0.39, 0.29) is 18.3 Å². The van der Waals surface area contributed by atoms with Crippen molar-refractivity contribution in [1.82, 2.24) is 14.9 Å². The summed E-state index contributed by atoms with van der Waals surface area (Å²) in [6.45, 7) is 0.966. The fraction of sp³-hybridized carbons (Fsp3) is 0.316. The summed E-state index contributed by atoms with van der Waals surface area (Å²) in [6.07, 6.45) is 6.94. The van der Waals surface area contributed by atoms with Gasteiger partial charge in [-0.25, -0.2) is 4.98 Å². The Kier molecular flexibility index (Phi) is 4.43. The van der Waals surface area contributed by atoms with Crippen LogP contribution in [0.25, 0.3) is 6.08 Å². The number of benzene rings is 1. The minimum atomic E-state index is -0.224. The number of aromatic nitrogens is 2. The number of fused-ring (bicyclic) bond motifs is 1. The molecule has 1 aliphatic carbocycles. The van der Waals surface area contributed by atoms with Crippen LogP contribution in [0, 0.1) is 0 Å². The van der Waals surface area contributed by atoms with Crippen LogP contribution in [-0.4, -0.2) is 28.8 Å². The number of hydrogen-bond acceptors (Lipinski definition) is 5. The Labute approximate surface area is 150 Å². The predicted molar refractivity (Wildman–Crippen MR) is 95.1 cm³/mol. The minimum absolute atomic E-state index is 0.0768. The summed E-state index contributed by atoms with van der Waals surface area (Å²) in [5.41, 5.74) is 1.65. The first-order valence-electron chi connectivity index (χ1n) is 8.61. The first kappa shape index (κ1) is 16.4. The summed E-state index contributed by atoms with van der Waals surface area (Å²) in [5.74, 6) is 1.61. The highest BCUT2D eigenvalue weighted by Crippen LogP contribution is 2.38. The van der Waals surface area contributed by atoms with E-state index in [0.29, 0.717) is 30.5 Å². The molecule has 1 N–H and O–H groups in total. The lowest BCUT2D eigenvalue weighted by molar-refractivity contribution is -0.116. The second-order valence-electron chi connectivity index (χ2n) is 6.36. The molecule has 0 unspecified atom stereocenters. The standard InChI is InChI=1S/C19H19N3O4/c23-18(6-2-13-1-5-16-17(9-13)26-12-25-16)20-7-8-22-11-21-15(10-19(22)24)14-3-4-14/h1-2,5-6,9-11,14H,3-4,7-8,12H2,(H,20,23)/b6-2+. The number of hydrogen-bond donors (Lipinski definition) is 1. The summed E-state index contributed by atoms with van der Waals surface area (Å²) < 4.78 is 12.1. The average Bonchev–Trinajstić information content (AvgIpc) is 3.39. The van der Waals surface area contributed by atoms with Crippen molar-refractivity contribution < 1.29 is 14.3 Å². The maximum absolute atomic E-state index is 12.0. The molecule has 7 heteroatoms. The number of nitrogens with one attached hydrogen (secondary N) is 1. The third-order valence-corrected chi connectivity index (χ3v) is 4.37. The molecule has 134 valence electrons. The van der Waals surface area contributed by atoms with Crippen LogP contribution >= 0.6 is 0 Å². The molecule has 1 fully saturated rings. The van der Waals surface area contributed by atoms with Crippen molar-refractivity contribution in [3.63, 3.8) is 0 Å². The second kappa shape index (κ2) is 7.03. The summed E-state index contributed by atoms with van der Waals surface area (Å²) >= 11 is 0. The lowest BCUT2D eigenvalue weighted by Crippen LogP contribution is -2.30. The number of carbonyl (C=O) groups excluding carboxylic acids is 1. The molecule has 26 heavy (non-hydrogen) atoms. The first-order chi connectivity index (χ1) is 12.7. The monoisotopic (exact) mass is 353 g/mol. The second-order valence-corrected chi connectivity index (χ2v) is 6.36. The van der Waals surface area contributed by atoms with E-state index < -0.39 is 0 Å². The van der Waals surface area contributed by atoms with Crippen molar-refractivity contribution >= 4 is 12.0 Å². The molecule has 0 saturated heterocycles. The number of nitrogens with zero attached hydrogens (tertiary/aromatic N) is 2. The Balaban J connectivity index is 1.28. The molecular formula is C19H19N3O4. The highest BCUT2D eigenvalue weighted by atomic mass is 16.7. The smallest absolute Gasteiger partial charge is 0.253 e. The van der Waals surface area contributed by atoms with Crippen molar-refractivity contribution in [2.24, 2.45) is 0 Å². The van der Waals surface area contributed by atoms with Crippen LogP contribution in [0.3, 0.4) is 0 Å². The lowest BCUT2D eigenvalue weighted by Gasteiger charge is -2.06. The van der Waals surface area contributed by atoms with Crippen molar-refractivity contribution in [2.45, 2.75) is 25.3 Å². The van der Waals surface area contributed by atoms with E-state index in [9.17, 15) is 9.59 Å². The molecule has 4 rings (SSSR count). The van der Waals surface area contributed by atoms with Gasteiger partial charge in [0, 0.05) is 31.1 Å². The first-order valence-corrected chi connectivity index (χ1v) is 8.61. The number of ether oxygens (including phenoxy) is 2. The van der Waals surface area contributed by atoms with Gasteiger partial charge in [0.15, 0.2) is 11.5 Å². The number of amides is 1. The molecule has 0 spiro atoms. The van der Waals surface area contributed by atoms with Gasteiger partial charge in [-0.15, -0.1) is 0 Å². The zero-order valence-corrected chi connectivity index (χ0v) is 14.2. The quantitative estimate of drug-likeness (QED) is 0.799. The topological polar surface area (TPSA) is 82.4 Å². The largest absolute Gasteiger partial charge is 0.454 e. The Morgan fingerprint density at radius 2 is 2.12 bits per heavy atom. The molecule has 0 bridgehead atoms. The van der Waals surface area contributed by atoms with E-state index in [1.54, 1.807) is 18.5 Å². The summed E-state index contributed by atoms with van der Waals surface area (Å²) in [4.78, 5) is 28.3. The molecule has 0 atom stereocenters. The fourth-order valence-electron chi connectivity index (χ4n) is 2.76. The number of rotatable bonds is 6. The molecule has 1 aromatic carbocycles. The third-order valence-electron chi connectivity index (χ3n) is 4.37. The molecule has 2 heterocycles. The molecule has 7 nitrogen and oxygen atoms in total. The van der Waals surface area contributed by atoms with E-state index in [2.05, 4.69) is 10.3 Å². The van der Waals surface area contributed by atoms with Gasteiger partial charge in [0.05, 0.1) is 12.0 Å². The normalized spacial score (nSPS) is 15.4. The van der Waals surface area contributed by atoms with Crippen molar-refractivity contribution in [3.05, 3.63) is 58.3 Å². The maximum Gasteiger partial charge on any atom is 0.253 e. The van der Waals surface area contributed by atoms with Gasteiger partial charge in [-0.3, -0.25) is 14.2 Å². The van der Waals surface area contributed by atoms with Crippen LogP contribution in [0.2, 0.25) is 0 Å². The Morgan fingerprint density at radius 3 is 2.92 bits per heavy atom. The highest BCUT2D eigenvalue weighted by molar-refractivity contribution is 5.91. The van der Waals surface area contributed by atoms with Crippen molar-refractivity contribution in [1.29, 1.82) is 0 Å². The van der Waals surface area contributed by atoms with Crippen molar-refractivity contribution in [3.8, 4) is 11.5 Å². The molecule has 1 aliphatic heterocycles. The van der Waals surface area contributed by atoms with Gasteiger partial charge in [0.2, 0.25) is 12.7 Å². The van der Waals surface area contributed by atoms with E-state index in [1.807, 2.05) is 18.2 Å². The van der Waals surface area contributed by atoms with Gasteiger partial charge in [-0.1, -0.05) is 6.07 Å². The van der Waals surface area contributed by atoms with Crippen LogP contribution in [0.1, 0.15) is 30.0 Å². The highest BCUT2D eigenvalue weighted by Gasteiger charge is 2.25. The minimum Gasteiger partial charge on any atom is -0.454 e. The van der Waals surface area contributed by atoms with Crippen LogP contribution in [0.5, 0.6) is 11.5 Å². The SMILES string of the molecule is O=C(/C=C/c1ccc2c(c1)OCO2)NCCn1cnc(C2CC2)cc1=O. The zero-order chi connectivity index (χ0) is 17.9. The zero-order valence-electron chi connectivity index (χ0n) is 14.2. The van der Waals surface area contributed by atoms with Crippen molar-refractivity contribution in [2.75, 3.05) is 13.3 Å². The number of carbonyl (C=O) groups is 1. The summed E-state index contributed by atoms with van der Waals surface area (Å²) in [7, 11) is 0. The molecule has 2 aliphatic rings. The summed E-state index contributed by atoms with van der Waals surface area (Å²) in [6, 6.07) is 7.08. The van der Waals surface area contributed by atoms with E-state index in [4.69, 9.17) is 9.47 Å². The van der Waals surface area contributed by atoms with Gasteiger partial charge >= 0.3 is 0 Å². The van der Waals surface area contributed by atoms with Gasteiger partial charge < -0.3 is 14.8 Å². The Bertz CT molecular complexity index is 915. The van der Waals surface area contributed by atoms with Gasteiger partial charge in [-0.05, 0) is 36.6 Å². The van der Waals surface area contributed by atoms with Gasteiger partial charge in [0.25, 0.3) is 5.56 Å². The van der Waals surface area contributed by atoms with Gasteiger partial charge in [-0.2, -0.15) is 0 Å². The lowest BCUT2D eigenvalue weighted by atomic mass is 10.2. The van der Waals surface area contributed by atoms with Gasteiger partial charge in [0.1, 0.15) is 0 Å². The van der Waals surface area contributed by atoms with E-state index >= 15 is 0 Å². The van der Waals surface area contributed by atoms with Crippen LogP contribution in [0.15, 0.2) is 41.5 Å². The Morgan fingerprint density at radius 1 is 1.27 bits per heavy atom. The third kappa shape index (κ3) is 3.77. The summed E-state index contributed by atoms with van der Waals surface area (Å²) in [5, 5.41) is 2.76. The molecule has 1 saturated carbocycles. The van der Waals surface area contributed by atoms with Crippen LogP contribution in [-0.2, 0) is 11.3 Å². The van der Waals surface area contributed by atoms with Crippen LogP contribution in [0.4, 0.5) is 0 Å². The molecule has 1 aromatic heterocycles. The molecular weight excluding hydrogens is 334 g/mol. The predicted octanol–water partition coefficient (Wildman–Crippen LogP) is 1.68. The maximum atomic E-state index is 12.0.